The zero-order chi connectivity index (χ0) is 16.1. The molecule has 0 saturated heterocycles. The Morgan fingerprint density at radius 2 is 1.91 bits per heavy atom. The molecule has 2 heterocycles. The highest BCUT2D eigenvalue weighted by molar-refractivity contribution is 5.94. The Labute approximate surface area is 136 Å². The van der Waals surface area contributed by atoms with Crippen LogP contribution in [0.15, 0.2) is 48.7 Å². The number of nitrogens with zero attached hydrogens (tertiary/aromatic N) is 1. The lowest BCUT2D eigenvalue weighted by Crippen LogP contribution is -2.32. The molecule has 120 valence electrons. The lowest BCUT2D eigenvalue weighted by Gasteiger charge is -2.28. The van der Waals surface area contributed by atoms with Gasteiger partial charge >= 0.3 is 5.97 Å². The highest BCUT2D eigenvalue weighted by atomic mass is 16.7. The summed E-state index contributed by atoms with van der Waals surface area (Å²) in [6.07, 6.45) is 6.05. The maximum absolute atomic E-state index is 12.2. The van der Waals surface area contributed by atoms with Gasteiger partial charge in [-0.15, -0.1) is 0 Å². The smallest absolute Gasteiger partial charge is 0.343 e. The number of carbonyl (C=O) groups is 1. The molecule has 0 saturated carbocycles. The number of aromatic nitrogens is 1. The van der Waals surface area contributed by atoms with Crippen molar-refractivity contribution in [1.82, 2.24) is 4.98 Å². The van der Waals surface area contributed by atoms with Crippen LogP contribution >= 0.6 is 0 Å². The molecule has 1 aromatic carbocycles. The van der Waals surface area contributed by atoms with Crippen molar-refractivity contribution in [3.63, 3.8) is 0 Å². The van der Waals surface area contributed by atoms with E-state index in [4.69, 9.17) is 9.47 Å². The van der Waals surface area contributed by atoms with Gasteiger partial charge in [0.15, 0.2) is 0 Å². The molecule has 1 aromatic heterocycles. The van der Waals surface area contributed by atoms with Gasteiger partial charge in [0.25, 0.3) is 5.79 Å². The summed E-state index contributed by atoms with van der Waals surface area (Å²) >= 11 is 0. The summed E-state index contributed by atoms with van der Waals surface area (Å²) in [7, 11) is 0. The number of rotatable bonds is 7. The summed E-state index contributed by atoms with van der Waals surface area (Å²) in [6, 6.07) is 13.0. The zero-order valence-corrected chi connectivity index (χ0v) is 13.3. The van der Waals surface area contributed by atoms with Crippen molar-refractivity contribution in [3.8, 4) is 0 Å². The van der Waals surface area contributed by atoms with E-state index >= 15 is 0 Å². The minimum absolute atomic E-state index is 0.384. The number of hydrogen-bond donors (Lipinski definition) is 0. The van der Waals surface area contributed by atoms with Crippen molar-refractivity contribution in [2.45, 2.75) is 38.4 Å². The van der Waals surface area contributed by atoms with Crippen LogP contribution in [0, 0.1) is 0 Å². The van der Waals surface area contributed by atoms with Crippen LogP contribution in [-0.2, 0) is 15.3 Å². The van der Waals surface area contributed by atoms with Gasteiger partial charge in [-0.05, 0) is 18.6 Å². The fourth-order valence-corrected chi connectivity index (χ4v) is 2.85. The predicted octanol–water partition coefficient (Wildman–Crippen LogP) is 4.05. The second-order valence-electron chi connectivity index (χ2n) is 5.68. The van der Waals surface area contributed by atoms with Gasteiger partial charge in [0, 0.05) is 11.8 Å². The van der Waals surface area contributed by atoms with E-state index in [-0.39, 0.29) is 5.97 Å². The quantitative estimate of drug-likeness (QED) is 0.572. The van der Waals surface area contributed by atoms with E-state index < -0.39 is 5.79 Å². The molecule has 0 spiro atoms. The number of cyclic esters (lactones) is 1. The molecule has 1 atom stereocenters. The van der Waals surface area contributed by atoms with Crippen LogP contribution in [0.1, 0.15) is 54.2 Å². The van der Waals surface area contributed by atoms with Gasteiger partial charge in [0.1, 0.15) is 5.69 Å². The van der Waals surface area contributed by atoms with E-state index in [0.29, 0.717) is 17.9 Å². The molecule has 0 fully saturated rings. The van der Waals surface area contributed by atoms with Crippen molar-refractivity contribution in [3.05, 3.63) is 65.5 Å². The van der Waals surface area contributed by atoms with Crippen molar-refractivity contribution < 1.29 is 14.3 Å². The first-order valence-electron chi connectivity index (χ1n) is 8.16. The van der Waals surface area contributed by atoms with Crippen LogP contribution in [0.25, 0.3) is 0 Å². The highest BCUT2D eigenvalue weighted by Gasteiger charge is 2.49. The lowest BCUT2D eigenvalue weighted by atomic mass is 10.0. The van der Waals surface area contributed by atoms with Gasteiger partial charge in [-0.25, -0.2) is 4.79 Å². The highest BCUT2D eigenvalue weighted by Crippen LogP contribution is 2.41. The first-order chi connectivity index (χ1) is 11.3. The van der Waals surface area contributed by atoms with Crippen LogP contribution in [0.5, 0.6) is 0 Å². The molecule has 23 heavy (non-hydrogen) atoms. The van der Waals surface area contributed by atoms with E-state index in [1.165, 1.54) is 12.8 Å². The third-order valence-corrected chi connectivity index (χ3v) is 4.03. The molecular weight excluding hydrogens is 290 g/mol. The minimum Gasteiger partial charge on any atom is -0.419 e. The van der Waals surface area contributed by atoms with E-state index in [1.807, 2.05) is 30.3 Å². The number of benzene rings is 1. The molecule has 4 heteroatoms. The van der Waals surface area contributed by atoms with Crippen molar-refractivity contribution in [2.75, 3.05) is 6.61 Å². The van der Waals surface area contributed by atoms with Crippen molar-refractivity contribution in [2.24, 2.45) is 0 Å². The Balaban J connectivity index is 1.92. The Hall–Kier alpha value is -2.20. The van der Waals surface area contributed by atoms with Gasteiger partial charge in [0.2, 0.25) is 0 Å². The Morgan fingerprint density at radius 1 is 1.09 bits per heavy atom. The van der Waals surface area contributed by atoms with E-state index in [2.05, 4.69) is 11.9 Å². The maximum Gasteiger partial charge on any atom is 0.343 e. The zero-order valence-electron chi connectivity index (χ0n) is 13.3. The molecule has 1 aliphatic rings. The van der Waals surface area contributed by atoms with Crippen LogP contribution in [0.3, 0.4) is 0 Å². The average Bonchev–Trinajstić information content (AvgIpc) is 2.89. The molecule has 0 aliphatic carbocycles. The van der Waals surface area contributed by atoms with Gasteiger partial charge in [-0.1, -0.05) is 56.5 Å². The molecular formula is C19H21NO3. The summed E-state index contributed by atoms with van der Waals surface area (Å²) in [5, 5.41) is 0. The second-order valence-corrected chi connectivity index (χ2v) is 5.68. The third kappa shape index (κ3) is 2.99. The summed E-state index contributed by atoms with van der Waals surface area (Å²) in [5.41, 5.74) is 1.82. The Bertz CT molecular complexity index is 671. The van der Waals surface area contributed by atoms with Crippen LogP contribution in [-0.4, -0.2) is 17.6 Å². The lowest BCUT2D eigenvalue weighted by molar-refractivity contribution is -0.177. The minimum atomic E-state index is -1.22. The van der Waals surface area contributed by atoms with Crippen molar-refractivity contribution >= 4 is 5.97 Å². The largest absolute Gasteiger partial charge is 0.419 e. The summed E-state index contributed by atoms with van der Waals surface area (Å²) in [5.74, 6) is -1.60. The van der Waals surface area contributed by atoms with Gasteiger partial charge < -0.3 is 9.47 Å². The SMILES string of the molecule is CCCCCCOC1(c2ccccc2)OC(=O)c2cccnc21. The predicted molar refractivity (Wildman–Crippen MR) is 87.0 cm³/mol. The summed E-state index contributed by atoms with van der Waals surface area (Å²) in [4.78, 5) is 16.6. The number of fused-ring (bicyclic) bond motifs is 1. The van der Waals surface area contributed by atoms with Crippen LogP contribution in [0.2, 0.25) is 0 Å². The fraction of sp³-hybridized carbons (Fsp3) is 0.368. The molecule has 4 nitrogen and oxygen atoms in total. The van der Waals surface area contributed by atoms with Gasteiger partial charge in [-0.2, -0.15) is 0 Å². The number of carbonyl (C=O) groups excluding carboxylic acids is 1. The van der Waals surface area contributed by atoms with Crippen molar-refractivity contribution in [1.29, 1.82) is 0 Å². The topological polar surface area (TPSA) is 48.4 Å². The van der Waals surface area contributed by atoms with Crippen LogP contribution < -0.4 is 0 Å². The molecule has 0 radical (unpaired) electrons. The molecule has 3 rings (SSSR count). The van der Waals surface area contributed by atoms with E-state index in [1.54, 1.807) is 18.3 Å². The van der Waals surface area contributed by atoms with Crippen LogP contribution in [0.4, 0.5) is 0 Å². The number of hydrogen-bond acceptors (Lipinski definition) is 4. The van der Waals surface area contributed by atoms with Gasteiger partial charge in [0.05, 0.1) is 12.2 Å². The fourth-order valence-electron chi connectivity index (χ4n) is 2.85. The van der Waals surface area contributed by atoms with E-state index in [0.717, 1.165) is 18.4 Å². The summed E-state index contributed by atoms with van der Waals surface area (Å²) in [6.45, 7) is 2.70. The molecule has 0 amide bonds. The molecule has 0 N–H and O–H groups in total. The monoisotopic (exact) mass is 311 g/mol. The van der Waals surface area contributed by atoms with Gasteiger partial charge in [-0.3, -0.25) is 4.98 Å². The first kappa shape index (κ1) is 15.7. The average molecular weight is 311 g/mol. The number of unbranched alkanes of at least 4 members (excludes halogenated alkanes) is 3. The number of esters is 1. The Morgan fingerprint density at radius 3 is 2.70 bits per heavy atom. The standard InChI is InChI=1S/C19H21NO3/c1-2-3-4-8-14-22-19(15-10-6-5-7-11-15)17-16(18(21)23-19)12-9-13-20-17/h5-7,9-13H,2-4,8,14H2,1H3. The Kier molecular flexibility index (Phi) is 4.72. The molecule has 1 unspecified atom stereocenters. The maximum atomic E-state index is 12.2. The third-order valence-electron chi connectivity index (χ3n) is 4.03. The molecule has 0 bridgehead atoms. The second kappa shape index (κ2) is 6.92. The molecule has 2 aromatic rings. The van der Waals surface area contributed by atoms with E-state index in [9.17, 15) is 4.79 Å². The first-order valence-corrected chi connectivity index (χ1v) is 8.16. The number of pyridine rings is 1. The normalized spacial score (nSPS) is 19.4. The molecule has 1 aliphatic heterocycles. The summed E-state index contributed by atoms with van der Waals surface area (Å²) < 4.78 is 11.8. The number of ether oxygens (including phenoxy) is 2.